The van der Waals surface area contributed by atoms with Crippen LogP contribution in [0.1, 0.15) is 20.8 Å². The van der Waals surface area contributed by atoms with Crippen LogP contribution in [0.2, 0.25) is 0 Å². The number of benzene rings is 2. The van der Waals surface area contributed by atoms with Crippen molar-refractivity contribution in [1.82, 2.24) is 4.67 Å². The number of aliphatic carboxylic acids is 1. The predicted molar refractivity (Wildman–Crippen MR) is 93.2 cm³/mol. The molecule has 0 aromatic heterocycles. The molecule has 0 spiro atoms. The Morgan fingerprint density at radius 1 is 0.955 bits per heavy atom. The van der Waals surface area contributed by atoms with Crippen molar-refractivity contribution in [3.05, 3.63) is 60.7 Å². The van der Waals surface area contributed by atoms with Gasteiger partial charge in [-0.1, -0.05) is 60.7 Å². The van der Waals surface area contributed by atoms with Crippen molar-refractivity contribution in [2.45, 2.75) is 26.3 Å². The lowest BCUT2D eigenvalue weighted by atomic mass is 10.1. The van der Waals surface area contributed by atoms with E-state index in [1.807, 2.05) is 36.4 Å². The number of hydrogen-bond donors (Lipinski definition) is 1. The van der Waals surface area contributed by atoms with Gasteiger partial charge in [-0.25, -0.2) is 0 Å². The number of carbonyl (C=O) groups is 1. The molecule has 0 unspecified atom stereocenters. The largest absolute Gasteiger partial charge is 0.480 e. The zero-order valence-corrected chi connectivity index (χ0v) is 14.1. The molecule has 0 aliphatic rings. The molecule has 0 atom stereocenters. The molecule has 2 aromatic carbocycles. The van der Waals surface area contributed by atoms with Gasteiger partial charge >= 0.3 is 5.97 Å². The van der Waals surface area contributed by atoms with Crippen molar-refractivity contribution in [3.8, 4) is 0 Å². The van der Waals surface area contributed by atoms with E-state index in [1.165, 1.54) is 10.6 Å². The van der Waals surface area contributed by atoms with Crippen LogP contribution in [-0.4, -0.2) is 27.8 Å². The summed E-state index contributed by atoms with van der Waals surface area (Å²) < 4.78 is 2.09. The first-order valence-corrected chi connectivity index (χ1v) is 8.58. The standard InChI is InChI=1S/C18H22NO2P/c1-18(2,3)19(14-17(20)21)22(15-10-6-4-7-11-15)16-12-8-5-9-13-16/h4-13H,14H2,1-3H3,(H,20,21). The molecule has 2 rings (SSSR count). The van der Waals surface area contributed by atoms with Gasteiger partial charge in [0.15, 0.2) is 0 Å². The zero-order chi connectivity index (χ0) is 16.2. The summed E-state index contributed by atoms with van der Waals surface area (Å²) in [6.07, 6.45) is 0. The van der Waals surface area contributed by atoms with Crippen molar-refractivity contribution in [1.29, 1.82) is 0 Å². The molecule has 0 amide bonds. The van der Waals surface area contributed by atoms with E-state index >= 15 is 0 Å². The lowest BCUT2D eigenvalue weighted by molar-refractivity contribution is -0.137. The van der Waals surface area contributed by atoms with Crippen LogP contribution >= 0.6 is 8.07 Å². The van der Waals surface area contributed by atoms with Crippen LogP contribution in [0, 0.1) is 0 Å². The van der Waals surface area contributed by atoms with Crippen molar-refractivity contribution in [2.75, 3.05) is 6.54 Å². The van der Waals surface area contributed by atoms with Gasteiger partial charge in [0, 0.05) is 13.6 Å². The third kappa shape index (κ3) is 4.16. The maximum atomic E-state index is 11.4. The second-order valence-electron chi connectivity index (χ2n) is 6.11. The fraction of sp³-hybridized carbons (Fsp3) is 0.278. The summed E-state index contributed by atoms with van der Waals surface area (Å²) >= 11 is 0. The lowest BCUT2D eigenvalue weighted by Gasteiger charge is -2.41. The van der Waals surface area contributed by atoms with Crippen LogP contribution in [-0.2, 0) is 4.79 Å². The summed E-state index contributed by atoms with van der Waals surface area (Å²) in [4.78, 5) is 11.4. The van der Waals surface area contributed by atoms with E-state index in [-0.39, 0.29) is 12.1 Å². The second-order valence-corrected chi connectivity index (χ2v) is 8.24. The van der Waals surface area contributed by atoms with Crippen LogP contribution in [0.25, 0.3) is 0 Å². The van der Waals surface area contributed by atoms with Gasteiger partial charge in [0.05, 0.1) is 0 Å². The van der Waals surface area contributed by atoms with E-state index in [0.29, 0.717) is 0 Å². The van der Waals surface area contributed by atoms with Gasteiger partial charge in [0.2, 0.25) is 0 Å². The van der Waals surface area contributed by atoms with E-state index in [1.54, 1.807) is 0 Å². The molecule has 0 saturated carbocycles. The average Bonchev–Trinajstić information content (AvgIpc) is 2.47. The molecule has 1 N–H and O–H groups in total. The molecule has 0 heterocycles. The van der Waals surface area contributed by atoms with Crippen LogP contribution in [0.3, 0.4) is 0 Å². The SMILES string of the molecule is CC(C)(C)N(CC(=O)O)P(c1ccccc1)c1ccccc1. The number of carboxylic acids is 1. The Kier molecular flexibility index (Phi) is 5.33. The third-order valence-electron chi connectivity index (χ3n) is 3.30. The monoisotopic (exact) mass is 315 g/mol. The molecule has 0 bridgehead atoms. The van der Waals surface area contributed by atoms with Crippen LogP contribution in [0.15, 0.2) is 60.7 Å². The highest BCUT2D eigenvalue weighted by Crippen LogP contribution is 2.43. The Morgan fingerprint density at radius 2 is 1.36 bits per heavy atom. The summed E-state index contributed by atoms with van der Waals surface area (Å²) in [5, 5.41) is 11.7. The average molecular weight is 315 g/mol. The number of nitrogens with zero attached hydrogens (tertiary/aromatic N) is 1. The van der Waals surface area contributed by atoms with Gasteiger partial charge in [0.1, 0.15) is 6.54 Å². The minimum Gasteiger partial charge on any atom is -0.480 e. The molecule has 0 aliphatic carbocycles. The first-order chi connectivity index (χ1) is 10.4. The quantitative estimate of drug-likeness (QED) is 0.861. The Morgan fingerprint density at radius 3 is 1.68 bits per heavy atom. The lowest BCUT2D eigenvalue weighted by Crippen LogP contribution is -2.44. The van der Waals surface area contributed by atoms with Gasteiger partial charge in [-0.2, -0.15) is 0 Å². The van der Waals surface area contributed by atoms with E-state index < -0.39 is 14.0 Å². The Labute approximate surface area is 133 Å². The fourth-order valence-electron chi connectivity index (χ4n) is 2.30. The van der Waals surface area contributed by atoms with Crippen molar-refractivity contribution >= 4 is 24.7 Å². The predicted octanol–water partition coefficient (Wildman–Crippen LogP) is 3.22. The maximum Gasteiger partial charge on any atom is 0.318 e. The van der Waals surface area contributed by atoms with Crippen molar-refractivity contribution in [2.24, 2.45) is 0 Å². The minimum atomic E-state index is -0.882. The molecule has 3 nitrogen and oxygen atoms in total. The molecule has 4 heteroatoms. The topological polar surface area (TPSA) is 40.5 Å². The first-order valence-electron chi connectivity index (χ1n) is 7.29. The highest BCUT2D eigenvalue weighted by atomic mass is 31.1. The van der Waals surface area contributed by atoms with E-state index in [2.05, 4.69) is 49.7 Å². The molecule has 2 aromatic rings. The van der Waals surface area contributed by atoms with Crippen LogP contribution in [0.4, 0.5) is 0 Å². The Bertz CT molecular complexity index is 568. The smallest absolute Gasteiger partial charge is 0.318 e. The first kappa shape index (κ1) is 16.7. The number of carboxylic acid groups (broad SMARTS) is 1. The fourth-order valence-corrected chi connectivity index (χ4v) is 4.93. The van der Waals surface area contributed by atoms with Crippen LogP contribution in [0.5, 0.6) is 0 Å². The summed E-state index contributed by atoms with van der Waals surface area (Å²) in [6, 6.07) is 20.3. The molecule has 0 saturated heterocycles. The van der Waals surface area contributed by atoms with E-state index in [0.717, 1.165) is 0 Å². The zero-order valence-electron chi connectivity index (χ0n) is 13.2. The second kappa shape index (κ2) is 7.04. The van der Waals surface area contributed by atoms with Crippen molar-refractivity contribution in [3.63, 3.8) is 0 Å². The van der Waals surface area contributed by atoms with Gasteiger partial charge < -0.3 is 5.11 Å². The highest BCUT2D eigenvalue weighted by molar-refractivity contribution is 7.70. The van der Waals surface area contributed by atoms with Gasteiger partial charge in [-0.15, -0.1) is 0 Å². The highest BCUT2D eigenvalue weighted by Gasteiger charge is 2.32. The van der Waals surface area contributed by atoms with Crippen molar-refractivity contribution < 1.29 is 9.90 Å². The van der Waals surface area contributed by atoms with Gasteiger partial charge in [0.25, 0.3) is 0 Å². The van der Waals surface area contributed by atoms with E-state index in [9.17, 15) is 9.90 Å². The van der Waals surface area contributed by atoms with Gasteiger partial charge in [-0.3, -0.25) is 9.46 Å². The summed E-state index contributed by atoms with van der Waals surface area (Å²) in [5.74, 6) is -0.797. The number of hydrogen-bond acceptors (Lipinski definition) is 2. The summed E-state index contributed by atoms with van der Waals surface area (Å²) in [7, 11) is -0.882. The molecular weight excluding hydrogens is 293 g/mol. The molecular formula is C18H22NO2P. The maximum absolute atomic E-state index is 11.4. The third-order valence-corrected chi connectivity index (χ3v) is 6.10. The molecule has 22 heavy (non-hydrogen) atoms. The Hall–Kier alpha value is -1.70. The number of rotatable bonds is 5. The molecule has 0 aliphatic heterocycles. The molecule has 116 valence electrons. The summed E-state index contributed by atoms with van der Waals surface area (Å²) in [6.45, 7) is 6.23. The van der Waals surface area contributed by atoms with Crippen LogP contribution < -0.4 is 10.6 Å². The Balaban J connectivity index is 2.53. The summed E-state index contributed by atoms with van der Waals surface area (Å²) in [5.41, 5.74) is -0.240. The molecule has 0 fully saturated rings. The van der Waals surface area contributed by atoms with Gasteiger partial charge in [-0.05, 0) is 31.4 Å². The normalized spacial score (nSPS) is 11.9. The van der Waals surface area contributed by atoms with E-state index in [4.69, 9.17) is 0 Å². The minimum absolute atomic E-state index is 0.0268. The molecule has 0 radical (unpaired) electrons.